The minimum Gasteiger partial charge on any atom is -0.465 e. The number of nitrogens with one attached hydrogen (secondary N) is 1. The van der Waals surface area contributed by atoms with E-state index in [2.05, 4.69) is 37.1 Å². The Kier molecular flexibility index (Phi) is 4.33. The standard InChI is InChI=1S/C16H24N2O2/c1-16(2,3)13-8-12(11-18-6-4-5-7-18)9-14(10-13)17-15(19)20/h8-10,17H,4-7,11H2,1-3H3,(H,19,20). The summed E-state index contributed by atoms with van der Waals surface area (Å²) in [7, 11) is 0. The van der Waals surface area contributed by atoms with Gasteiger partial charge in [-0.3, -0.25) is 10.2 Å². The summed E-state index contributed by atoms with van der Waals surface area (Å²) in [5, 5.41) is 11.4. The maximum Gasteiger partial charge on any atom is 0.409 e. The van der Waals surface area contributed by atoms with E-state index in [9.17, 15) is 4.79 Å². The molecule has 0 aliphatic carbocycles. The first-order valence-electron chi connectivity index (χ1n) is 7.21. The molecule has 0 unspecified atom stereocenters. The molecule has 2 rings (SSSR count). The summed E-state index contributed by atoms with van der Waals surface area (Å²) in [5.74, 6) is 0. The molecule has 0 spiro atoms. The number of benzene rings is 1. The second-order valence-electron chi connectivity index (χ2n) is 6.58. The Hall–Kier alpha value is -1.55. The Morgan fingerprint density at radius 3 is 2.45 bits per heavy atom. The highest BCUT2D eigenvalue weighted by Crippen LogP contribution is 2.27. The molecule has 4 heteroatoms. The van der Waals surface area contributed by atoms with Crippen molar-refractivity contribution in [3.8, 4) is 0 Å². The van der Waals surface area contributed by atoms with Gasteiger partial charge in [-0.05, 0) is 54.6 Å². The third-order valence-corrected chi connectivity index (χ3v) is 3.71. The third-order valence-electron chi connectivity index (χ3n) is 3.71. The molecule has 1 aliphatic heterocycles. The normalized spacial score (nSPS) is 16.4. The van der Waals surface area contributed by atoms with Crippen molar-refractivity contribution in [2.45, 2.75) is 45.6 Å². The van der Waals surface area contributed by atoms with E-state index >= 15 is 0 Å². The molecule has 1 saturated heterocycles. The molecule has 1 aromatic carbocycles. The molecule has 4 nitrogen and oxygen atoms in total. The van der Waals surface area contributed by atoms with Gasteiger partial charge < -0.3 is 5.11 Å². The van der Waals surface area contributed by atoms with Gasteiger partial charge in [-0.2, -0.15) is 0 Å². The number of hydrogen-bond acceptors (Lipinski definition) is 2. The Morgan fingerprint density at radius 1 is 1.25 bits per heavy atom. The minimum absolute atomic E-state index is 0.00987. The number of hydrogen-bond donors (Lipinski definition) is 2. The summed E-state index contributed by atoms with van der Waals surface area (Å²) in [5.41, 5.74) is 3.02. The highest BCUT2D eigenvalue weighted by atomic mass is 16.4. The summed E-state index contributed by atoms with van der Waals surface area (Å²) in [6, 6.07) is 6.08. The predicted molar refractivity (Wildman–Crippen MR) is 81.3 cm³/mol. The largest absolute Gasteiger partial charge is 0.465 e. The number of amides is 1. The number of likely N-dealkylation sites (tertiary alicyclic amines) is 1. The molecule has 1 heterocycles. The van der Waals surface area contributed by atoms with Crippen LogP contribution in [0.3, 0.4) is 0 Å². The zero-order valence-electron chi connectivity index (χ0n) is 12.6. The summed E-state index contributed by atoms with van der Waals surface area (Å²) >= 11 is 0. The minimum atomic E-state index is -1.01. The fourth-order valence-electron chi connectivity index (χ4n) is 2.61. The predicted octanol–water partition coefficient (Wildman–Crippen LogP) is 3.67. The Balaban J connectivity index is 2.26. The molecule has 1 fully saturated rings. The van der Waals surface area contributed by atoms with Gasteiger partial charge in [-0.25, -0.2) is 4.79 Å². The van der Waals surface area contributed by atoms with Crippen LogP contribution in [0.25, 0.3) is 0 Å². The first-order chi connectivity index (χ1) is 9.34. The van der Waals surface area contributed by atoms with Crippen LogP contribution >= 0.6 is 0 Å². The van der Waals surface area contributed by atoms with Gasteiger partial charge in [-0.1, -0.05) is 26.8 Å². The molecule has 20 heavy (non-hydrogen) atoms. The lowest BCUT2D eigenvalue weighted by atomic mass is 9.85. The van der Waals surface area contributed by atoms with Gasteiger partial charge >= 0.3 is 6.09 Å². The van der Waals surface area contributed by atoms with Gasteiger partial charge in [0.2, 0.25) is 0 Å². The molecule has 0 saturated carbocycles. The molecule has 2 N–H and O–H groups in total. The van der Waals surface area contributed by atoms with E-state index in [-0.39, 0.29) is 5.41 Å². The monoisotopic (exact) mass is 276 g/mol. The number of anilines is 1. The van der Waals surface area contributed by atoms with E-state index < -0.39 is 6.09 Å². The summed E-state index contributed by atoms with van der Waals surface area (Å²) < 4.78 is 0. The van der Waals surface area contributed by atoms with E-state index in [0.29, 0.717) is 5.69 Å². The molecule has 0 bridgehead atoms. The van der Waals surface area contributed by atoms with Crippen molar-refractivity contribution in [3.63, 3.8) is 0 Å². The first-order valence-corrected chi connectivity index (χ1v) is 7.21. The molecule has 1 amide bonds. The van der Waals surface area contributed by atoms with Crippen LogP contribution in [0.1, 0.15) is 44.7 Å². The zero-order valence-corrected chi connectivity index (χ0v) is 12.6. The van der Waals surface area contributed by atoms with Crippen molar-refractivity contribution in [3.05, 3.63) is 29.3 Å². The molecule has 1 aromatic rings. The quantitative estimate of drug-likeness (QED) is 0.885. The Bertz CT molecular complexity index is 486. The second-order valence-corrected chi connectivity index (χ2v) is 6.58. The Labute approximate surface area is 120 Å². The van der Waals surface area contributed by atoms with E-state index in [1.807, 2.05) is 12.1 Å². The van der Waals surface area contributed by atoms with Gasteiger partial charge in [0.15, 0.2) is 0 Å². The molecule has 110 valence electrons. The van der Waals surface area contributed by atoms with Gasteiger partial charge in [0, 0.05) is 12.2 Å². The highest BCUT2D eigenvalue weighted by molar-refractivity contribution is 5.83. The molecule has 0 atom stereocenters. The fourth-order valence-corrected chi connectivity index (χ4v) is 2.61. The van der Waals surface area contributed by atoms with Crippen molar-refractivity contribution >= 4 is 11.8 Å². The molecular formula is C16H24N2O2. The van der Waals surface area contributed by atoms with Crippen molar-refractivity contribution in [2.24, 2.45) is 0 Å². The fraction of sp³-hybridized carbons (Fsp3) is 0.562. The van der Waals surface area contributed by atoms with Gasteiger partial charge in [-0.15, -0.1) is 0 Å². The van der Waals surface area contributed by atoms with Crippen molar-refractivity contribution in [2.75, 3.05) is 18.4 Å². The average molecular weight is 276 g/mol. The van der Waals surface area contributed by atoms with Crippen molar-refractivity contribution < 1.29 is 9.90 Å². The van der Waals surface area contributed by atoms with Crippen molar-refractivity contribution in [1.82, 2.24) is 4.90 Å². The number of rotatable bonds is 3. The molecule has 0 radical (unpaired) electrons. The maximum atomic E-state index is 10.9. The smallest absolute Gasteiger partial charge is 0.409 e. The van der Waals surface area contributed by atoms with Crippen LogP contribution in [0, 0.1) is 0 Å². The van der Waals surface area contributed by atoms with Gasteiger partial charge in [0.1, 0.15) is 0 Å². The topological polar surface area (TPSA) is 52.6 Å². The zero-order chi connectivity index (χ0) is 14.8. The van der Waals surface area contributed by atoms with Crippen LogP contribution < -0.4 is 5.32 Å². The lowest BCUT2D eigenvalue weighted by Gasteiger charge is -2.23. The van der Waals surface area contributed by atoms with Crippen LogP contribution in [0.5, 0.6) is 0 Å². The summed E-state index contributed by atoms with van der Waals surface area (Å²) in [6.07, 6.45) is 1.52. The molecular weight excluding hydrogens is 252 g/mol. The van der Waals surface area contributed by atoms with Crippen LogP contribution in [0.15, 0.2) is 18.2 Å². The van der Waals surface area contributed by atoms with E-state index in [0.717, 1.165) is 25.2 Å². The van der Waals surface area contributed by atoms with Crippen LogP contribution in [0.4, 0.5) is 10.5 Å². The molecule has 0 aromatic heterocycles. The Morgan fingerprint density at radius 2 is 1.90 bits per heavy atom. The summed E-state index contributed by atoms with van der Waals surface area (Å²) in [6.45, 7) is 9.62. The van der Waals surface area contributed by atoms with Crippen LogP contribution in [0.2, 0.25) is 0 Å². The van der Waals surface area contributed by atoms with Crippen LogP contribution in [-0.2, 0) is 12.0 Å². The number of nitrogens with zero attached hydrogens (tertiary/aromatic N) is 1. The van der Waals surface area contributed by atoms with Crippen molar-refractivity contribution in [1.29, 1.82) is 0 Å². The number of carboxylic acid groups (broad SMARTS) is 1. The molecule has 1 aliphatic rings. The lowest BCUT2D eigenvalue weighted by Crippen LogP contribution is -2.20. The SMILES string of the molecule is CC(C)(C)c1cc(CN2CCCC2)cc(NC(=O)O)c1. The summed E-state index contributed by atoms with van der Waals surface area (Å²) in [4.78, 5) is 13.3. The van der Waals surface area contributed by atoms with Gasteiger partial charge in [0.05, 0.1) is 0 Å². The van der Waals surface area contributed by atoms with Crippen LogP contribution in [-0.4, -0.2) is 29.2 Å². The first kappa shape index (κ1) is 14.9. The number of carbonyl (C=O) groups is 1. The van der Waals surface area contributed by atoms with Gasteiger partial charge in [0.25, 0.3) is 0 Å². The third kappa shape index (κ3) is 3.97. The average Bonchev–Trinajstić information content (AvgIpc) is 2.79. The highest BCUT2D eigenvalue weighted by Gasteiger charge is 2.18. The van der Waals surface area contributed by atoms with E-state index in [4.69, 9.17) is 5.11 Å². The van der Waals surface area contributed by atoms with E-state index in [1.165, 1.54) is 18.4 Å². The second kappa shape index (κ2) is 5.83. The lowest BCUT2D eigenvalue weighted by molar-refractivity contribution is 0.209. The van der Waals surface area contributed by atoms with E-state index in [1.54, 1.807) is 0 Å². The maximum absolute atomic E-state index is 10.9.